The van der Waals surface area contributed by atoms with Crippen molar-refractivity contribution >= 4 is 11.7 Å². The number of carbonyl (C=O) groups is 1. The van der Waals surface area contributed by atoms with Gasteiger partial charge in [-0.15, -0.1) is 0 Å². The molecule has 0 bridgehead atoms. The molecule has 0 radical (unpaired) electrons. The fourth-order valence-corrected chi connectivity index (χ4v) is 3.53. The summed E-state index contributed by atoms with van der Waals surface area (Å²) in [4.78, 5) is 16.0. The van der Waals surface area contributed by atoms with E-state index in [2.05, 4.69) is 15.9 Å². The first-order valence-corrected chi connectivity index (χ1v) is 8.79. The number of hydrogen-bond acceptors (Lipinski definition) is 4. The number of hydrogen-bond donors (Lipinski definition) is 1. The molecule has 0 atom stereocenters. The zero-order chi connectivity index (χ0) is 18.7. The SMILES string of the molecule is Cc1cc(C)c(C(=O)O)cc1CN1CCN(c2ccccc2C#N)CC1. The van der Waals surface area contributed by atoms with Gasteiger partial charge >= 0.3 is 5.97 Å². The molecule has 3 rings (SSSR count). The van der Waals surface area contributed by atoms with Gasteiger partial charge in [0.25, 0.3) is 0 Å². The van der Waals surface area contributed by atoms with Crippen LogP contribution in [0.2, 0.25) is 0 Å². The average molecular weight is 349 g/mol. The Morgan fingerprint density at radius 1 is 1.12 bits per heavy atom. The largest absolute Gasteiger partial charge is 0.478 e. The number of rotatable bonds is 4. The number of para-hydroxylation sites is 1. The Morgan fingerprint density at radius 2 is 1.81 bits per heavy atom. The molecule has 1 N–H and O–H groups in total. The van der Waals surface area contributed by atoms with E-state index in [0.29, 0.717) is 11.1 Å². The summed E-state index contributed by atoms with van der Waals surface area (Å²) in [6, 6.07) is 13.7. The van der Waals surface area contributed by atoms with Crippen molar-refractivity contribution in [2.45, 2.75) is 20.4 Å². The van der Waals surface area contributed by atoms with Gasteiger partial charge in [0, 0.05) is 32.7 Å². The van der Waals surface area contributed by atoms with Gasteiger partial charge in [-0.1, -0.05) is 18.2 Å². The molecule has 2 aromatic rings. The lowest BCUT2D eigenvalue weighted by Crippen LogP contribution is -2.46. The van der Waals surface area contributed by atoms with Gasteiger partial charge in [0.1, 0.15) is 6.07 Å². The molecular formula is C21H23N3O2. The van der Waals surface area contributed by atoms with Gasteiger partial charge in [-0.2, -0.15) is 5.26 Å². The third kappa shape index (κ3) is 3.71. The first-order valence-electron chi connectivity index (χ1n) is 8.79. The third-order valence-corrected chi connectivity index (χ3v) is 5.04. The number of anilines is 1. The van der Waals surface area contributed by atoms with Crippen LogP contribution in [0.25, 0.3) is 0 Å². The molecule has 5 heteroatoms. The Bertz CT molecular complexity index is 862. The molecule has 26 heavy (non-hydrogen) atoms. The van der Waals surface area contributed by atoms with Crippen molar-refractivity contribution in [3.05, 3.63) is 64.2 Å². The van der Waals surface area contributed by atoms with Crippen molar-refractivity contribution in [3.63, 3.8) is 0 Å². The van der Waals surface area contributed by atoms with Crippen molar-refractivity contribution in [2.24, 2.45) is 0 Å². The highest BCUT2D eigenvalue weighted by atomic mass is 16.4. The Labute approximate surface area is 154 Å². The number of nitriles is 1. The summed E-state index contributed by atoms with van der Waals surface area (Å²) in [5.41, 5.74) is 5.09. The van der Waals surface area contributed by atoms with Crippen LogP contribution in [0.4, 0.5) is 5.69 Å². The number of nitrogens with zero attached hydrogens (tertiary/aromatic N) is 3. The number of aromatic carboxylic acids is 1. The molecule has 0 spiro atoms. The summed E-state index contributed by atoms with van der Waals surface area (Å²) >= 11 is 0. The molecule has 1 saturated heterocycles. The summed E-state index contributed by atoms with van der Waals surface area (Å²) in [7, 11) is 0. The van der Waals surface area contributed by atoms with E-state index in [1.807, 2.05) is 50.2 Å². The van der Waals surface area contributed by atoms with Crippen molar-refractivity contribution in [1.82, 2.24) is 4.90 Å². The van der Waals surface area contributed by atoms with Crippen LogP contribution in [0.5, 0.6) is 0 Å². The number of benzene rings is 2. The van der Waals surface area contributed by atoms with E-state index in [1.54, 1.807) is 0 Å². The molecule has 0 aromatic heterocycles. The van der Waals surface area contributed by atoms with Crippen molar-refractivity contribution in [3.8, 4) is 6.07 Å². The Balaban J connectivity index is 1.69. The minimum absolute atomic E-state index is 0.382. The van der Waals surface area contributed by atoms with Gasteiger partial charge in [-0.3, -0.25) is 4.90 Å². The predicted octanol–water partition coefficient (Wildman–Crippen LogP) is 3.20. The summed E-state index contributed by atoms with van der Waals surface area (Å²) in [5, 5.41) is 18.6. The summed E-state index contributed by atoms with van der Waals surface area (Å²) < 4.78 is 0. The average Bonchev–Trinajstić information content (AvgIpc) is 2.64. The standard InChI is InChI=1S/C21H23N3O2/c1-15-11-16(2)19(21(25)26)12-18(15)14-23-7-9-24(10-8-23)20-6-4-3-5-17(20)13-22/h3-6,11-12H,7-10,14H2,1-2H3,(H,25,26). The highest BCUT2D eigenvalue weighted by Crippen LogP contribution is 2.23. The van der Waals surface area contributed by atoms with E-state index in [4.69, 9.17) is 0 Å². The molecule has 1 aliphatic heterocycles. The van der Waals surface area contributed by atoms with Gasteiger partial charge in [-0.25, -0.2) is 4.79 Å². The first kappa shape index (κ1) is 18.0. The molecule has 0 saturated carbocycles. The van der Waals surface area contributed by atoms with E-state index < -0.39 is 5.97 Å². The molecular weight excluding hydrogens is 326 g/mol. The van der Waals surface area contributed by atoms with Crippen LogP contribution in [0.3, 0.4) is 0 Å². The number of aryl methyl sites for hydroxylation is 2. The van der Waals surface area contributed by atoms with Gasteiger partial charge in [0.05, 0.1) is 16.8 Å². The lowest BCUT2D eigenvalue weighted by Gasteiger charge is -2.36. The summed E-state index contributed by atoms with van der Waals surface area (Å²) in [5.74, 6) is -0.873. The lowest BCUT2D eigenvalue weighted by molar-refractivity contribution is 0.0696. The quantitative estimate of drug-likeness (QED) is 0.918. The molecule has 5 nitrogen and oxygen atoms in total. The first-order chi connectivity index (χ1) is 12.5. The molecule has 0 unspecified atom stereocenters. The van der Waals surface area contributed by atoms with E-state index in [0.717, 1.165) is 55.1 Å². The fraction of sp³-hybridized carbons (Fsp3) is 0.333. The maximum atomic E-state index is 11.4. The molecule has 2 aromatic carbocycles. The van der Waals surface area contributed by atoms with Crippen molar-refractivity contribution in [2.75, 3.05) is 31.1 Å². The zero-order valence-corrected chi connectivity index (χ0v) is 15.2. The van der Waals surface area contributed by atoms with Gasteiger partial charge in [0.2, 0.25) is 0 Å². The van der Waals surface area contributed by atoms with Gasteiger partial charge in [0.15, 0.2) is 0 Å². The molecule has 1 heterocycles. The van der Waals surface area contributed by atoms with Crippen LogP contribution in [-0.4, -0.2) is 42.2 Å². The van der Waals surface area contributed by atoms with E-state index in [-0.39, 0.29) is 0 Å². The number of piperazine rings is 1. The van der Waals surface area contributed by atoms with E-state index in [9.17, 15) is 15.2 Å². The Kier molecular flexibility index (Phi) is 5.24. The smallest absolute Gasteiger partial charge is 0.335 e. The van der Waals surface area contributed by atoms with E-state index in [1.165, 1.54) is 0 Å². The predicted molar refractivity (Wildman–Crippen MR) is 102 cm³/mol. The fourth-order valence-electron chi connectivity index (χ4n) is 3.53. The summed E-state index contributed by atoms with van der Waals surface area (Å²) in [6.07, 6.45) is 0. The van der Waals surface area contributed by atoms with Crippen LogP contribution in [0.15, 0.2) is 36.4 Å². The maximum Gasteiger partial charge on any atom is 0.335 e. The van der Waals surface area contributed by atoms with Gasteiger partial charge < -0.3 is 10.0 Å². The van der Waals surface area contributed by atoms with Crippen LogP contribution in [0.1, 0.15) is 32.6 Å². The maximum absolute atomic E-state index is 11.4. The minimum atomic E-state index is -0.873. The normalized spacial score (nSPS) is 14.9. The monoisotopic (exact) mass is 349 g/mol. The lowest BCUT2D eigenvalue weighted by atomic mass is 9.99. The number of carboxylic acids is 1. The second kappa shape index (κ2) is 7.59. The van der Waals surface area contributed by atoms with Crippen LogP contribution in [0, 0.1) is 25.2 Å². The molecule has 1 fully saturated rings. The Hall–Kier alpha value is -2.84. The molecule has 0 amide bonds. The number of carboxylic acid groups (broad SMARTS) is 1. The van der Waals surface area contributed by atoms with Crippen molar-refractivity contribution < 1.29 is 9.90 Å². The second-order valence-electron chi connectivity index (χ2n) is 6.79. The Morgan fingerprint density at radius 3 is 2.46 bits per heavy atom. The molecule has 0 aliphatic carbocycles. The molecule has 1 aliphatic rings. The second-order valence-corrected chi connectivity index (χ2v) is 6.79. The van der Waals surface area contributed by atoms with Gasteiger partial charge in [-0.05, 0) is 48.7 Å². The van der Waals surface area contributed by atoms with Crippen LogP contribution < -0.4 is 4.90 Å². The zero-order valence-electron chi connectivity index (χ0n) is 15.2. The van der Waals surface area contributed by atoms with Crippen molar-refractivity contribution in [1.29, 1.82) is 5.26 Å². The van der Waals surface area contributed by atoms with Crippen LogP contribution >= 0.6 is 0 Å². The third-order valence-electron chi connectivity index (χ3n) is 5.04. The summed E-state index contributed by atoms with van der Waals surface area (Å²) in [6.45, 7) is 8.11. The molecule has 134 valence electrons. The highest BCUT2D eigenvalue weighted by Gasteiger charge is 2.20. The minimum Gasteiger partial charge on any atom is -0.478 e. The van der Waals surface area contributed by atoms with Crippen LogP contribution in [-0.2, 0) is 6.54 Å². The highest BCUT2D eigenvalue weighted by molar-refractivity contribution is 5.89. The van der Waals surface area contributed by atoms with E-state index >= 15 is 0 Å². The topological polar surface area (TPSA) is 67.6 Å².